The van der Waals surface area contributed by atoms with E-state index in [0.717, 1.165) is 6.42 Å². The van der Waals surface area contributed by atoms with E-state index in [2.05, 4.69) is 38.7 Å². The Morgan fingerprint density at radius 1 is 1.36 bits per heavy atom. The zero-order valence-electron chi connectivity index (χ0n) is 17.8. The number of nitrogens with one attached hydrogen (secondary N) is 1. The number of halogens is 1. The molecule has 0 aliphatic carbocycles. The fourth-order valence-electron chi connectivity index (χ4n) is 4.07. The molecule has 33 heavy (non-hydrogen) atoms. The number of amides is 1. The minimum atomic E-state index is -0.517. The monoisotopic (exact) mass is 445 g/mol. The molecular weight excluding hydrogens is 425 g/mol. The van der Waals surface area contributed by atoms with Gasteiger partial charge in [-0.1, -0.05) is 18.4 Å². The van der Waals surface area contributed by atoms with Crippen LogP contribution < -0.4 is 11.1 Å². The van der Waals surface area contributed by atoms with Crippen LogP contribution in [0.1, 0.15) is 23.6 Å². The van der Waals surface area contributed by atoms with Gasteiger partial charge in [0, 0.05) is 32.4 Å². The number of carbonyl (C=O) groups is 1. The molecule has 0 saturated carbocycles. The number of carbonyl (C=O) groups excluding carboxylic acids is 1. The molecule has 1 atom stereocenters. The second-order valence-corrected chi connectivity index (χ2v) is 7.66. The molecule has 3 N–H and O–H groups in total. The number of benzene rings is 1. The van der Waals surface area contributed by atoms with Crippen molar-refractivity contribution in [3.05, 3.63) is 54.3 Å². The molecule has 1 saturated heterocycles. The van der Waals surface area contributed by atoms with Crippen LogP contribution in [0.2, 0.25) is 0 Å². The van der Waals surface area contributed by atoms with Crippen LogP contribution in [-0.2, 0) is 4.79 Å². The van der Waals surface area contributed by atoms with Gasteiger partial charge in [0.2, 0.25) is 5.91 Å². The average Bonchev–Trinajstić information content (AvgIpc) is 3.53. The third kappa shape index (κ3) is 3.53. The maximum Gasteiger partial charge on any atom is 0.295 e. The van der Waals surface area contributed by atoms with Gasteiger partial charge in [0.1, 0.15) is 29.1 Å². The highest BCUT2D eigenvalue weighted by molar-refractivity contribution is 5.92. The average molecular weight is 445 g/mol. The maximum absolute atomic E-state index is 14.6. The smallest absolute Gasteiger partial charge is 0.295 e. The van der Waals surface area contributed by atoms with Gasteiger partial charge in [0.15, 0.2) is 5.58 Å². The van der Waals surface area contributed by atoms with Gasteiger partial charge in [-0.2, -0.15) is 4.98 Å². The van der Waals surface area contributed by atoms with Gasteiger partial charge >= 0.3 is 0 Å². The Bertz CT molecular complexity index is 1480. The van der Waals surface area contributed by atoms with Gasteiger partial charge in [-0.05, 0) is 18.6 Å². The molecule has 0 spiro atoms. The first-order valence-corrected chi connectivity index (χ1v) is 10.3. The van der Waals surface area contributed by atoms with Crippen molar-refractivity contribution in [1.29, 1.82) is 0 Å². The maximum atomic E-state index is 14.6. The summed E-state index contributed by atoms with van der Waals surface area (Å²) in [4.78, 5) is 26.5. The molecule has 1 aliphatic heterocycles. The summed E-state index contributed by atoms with van der Waals surface area (Å²) in [5, 5.41) is 3.38. The fraction of sp³-hybridized carbons (Fsp3) is 0.217. The number of nitrogen functional groups attached to an aromatic ring is 1. The van der Waals surface area contributed by atoms with E-state index in [0.29, 0.717) is 46.8 Å². The molecule has 1 fully saturated rings. The first-order chi connectivity index (χ1) is 16.0. The first kappa shape index (κ1) is 20.5. The Hall–Kier alpha value is -4.39. The van der Waals surface area contributed by atoms with Gasteiger partial charge < -0.3 is 24.9 Å². The molecule has 10 heteroatoms. The van der Waals surface area contributed by atoms with Gasteiger partial charge in [-0.3, -0.25) is 4.79 Å². The number of anilines is 2. The number of nitrogens with zero attached hydrogens (tertiary/aromatic N) is 5. The number of aromatic nitrogens is 4. The second kappa shape index (κ2) is 7.94. The number of rotatable bonds is 3. The predicted octanol–water partition coefficient (Wildman–Crippen LogP) is 2.69. The summed E-state index contributed by atoms with van der Waals surface area (Å²) in [6, 6.07) is 3.10. The van der Waals surface area contributed by atoms with E-state index in [4.69, 9.17) is 10.2 Å². The van der Waals surface area contributed by atoms with Crippen LogP contribution in [0, 0.1) is 17.7 Å². The molecule has 166 valence electrons. The Morgan fingerprint density at radius 3 is 2.97 bits per heavy atom. The van der Waals surface area contributed by atoms with Gasteiger partial charge in [0.05, 0.1) is 22.6 Å². The molecular formula is C23H20FN7O2. The summed E-state index contributed by atoms with van der Waals surface area (Å²) in [5.41, 5.74) is 8.34. The van der Waals surface area contributed by atoms with Gasteiger partial charge in [-0.15, -0.1) is 0 Å². The van der Waals surface area contributed by atoms with Crippen molar-refractivity contribution in [1.82, 2.24) is 24.4 Å². The molecule has 0 bridgehead atoms. The number of fused-ring (bicyclic) bond motifs is 2. The number of oxazole rings is 1. The van der Waals surface area contributed by atoms with E-state index < -0.39 is 5.82 Å². The van der Waals surface area contributed by atoms with Crippen molar-refractivity contribution in [3.8, 4) is 11.8 Å². The van der Waals surface area contributed by atoms with Crippen molar-refractivity contribution in [2.45, 2.75) is 12.5 Å². The third-order valence-electron chi connectivity index (χ3n) is 5.70. The number of likely N-dealkylation sites (tertiary alicyclic amines) is 1. The van der Waals surface area contributed by atoms with Crippen LogP contribution in [0.5, 0.6) is 0 Å². The highest BCUT2D eigenvalue weighted by atomic mass is 19.1. The highest BCUT2D eigenvalue weighted by Gasteiger charge is 2.28. The molecule has 0 radical (unpaired) electrons. The minimum Gasteiger partial charge on any atom is -0.423 e. The van der Waals surface area contributed by atoms with Crippen LogP contribution in [0.3, 0.4) is 0 Å². The van der Waals surface area contributed by atoms with Gasteiger partial charge in [-0.25, -0.2) is 14.4 Å². The van der Waals surface area contributed by atoms with E-state index >= 15 is 0 Å². The van der Waals surface area contributed by atoms with Crippen LogP contribution in [0.25, 0.3) is 22.1 Å². The summed E-state index contributed by atoms with van der Waals surface area (Å²) >= 11 is 0. The quantitative estimate of drug-likeness (QED) is 0.368. The largest absolute Gasteiger partial charge is 0.423 e. The zero-order chi connectivity index (χ0) is 23.1. The van der Waals surface area contributed by atoms with Crippen molar-refractivity contribution in [2.24, 2.45) is 0 Å². The van der Waals surface area contributed by atoms with Crippen LogP contribution in [0.4, 0.5) is 16.2 Å². The van der Waals surface area contributed by atoms with Crippen molar-refractivity contribution < 1.29 is 13.6 Å². The normalized spacial score (nSPS) is 15.6. The molecule has 9 nitrogen and oxygen atoms in total. The number of hydrogen-bond donors (Lipinski definition) is 2. The fourth-order valence-corrected chi connectivity index (χ4v) is 4.07. The molecule has 5 rings (SSSR count). The molecule has 4 heterocycles. The lowest BCUT2D eigenvalue weighted by molar-refractivity contribution is -0.125. The Labute approximate surface area is 188 Å². The highest BCUT2D eigenvalue weighted by Crippen LogP contribution is 2.30. The number of nitrogens with two attached hydrogens (primary N) is 1. The minimum absolute atomic E-state index is 0.00410. The third-order valence-corrected chi connectivity index (χ3v) is 5.70. The second-order valence-electron chi connectivity index (χ2n) is 7.66. The van der Waals surface area contributed by atoms with Crippen LogP contribution in [0.15, 0.2) is 41.7 Å². The zero-order valence-corrected chi connectivity index (χ0v) is 17.8. The molecule has 3 aromatic heterocycles. The summed E-state index contributed by atoms with van der Waals surface area (Å²) < 4.78 is 22.0. The lowest BCUT2D eigenvalue weighted by atomic mass is 10.1. The Morgan fingerprint density at radius 2 is 2.18 bits per heavy atom. The van der Waals surface area contributed by atoms with E-state index in [1.807, 2.05) is 10.8 Å². The molecule has 1 amide bonds. The Kier molecular flexibility index (Phi) is 4.94. The van der Waals surface area contributed by atoms with E-state index in [1.165, 1.54) is 24.5 Å². The van der Waals surface area contributed by atoms with Crippen molar-refractivity contribution in [3.63, 3.8) is 0 Å². The summed E-state index contributed by atoms with van der Waals surface area (Å²) in [5.74, 6) is 5.56. The van der Waals surface area contributed by atoms with Gasteiger partial charge in [0.25, 0.3) is 6.01 Å². The standard InChI is InChI=1S/C23H20FN7O2/c1-3-19(32)30-7-6-15(11-30)31-10-14(20-21(25)27-12-28-22(20)31)5-4-13-8-17-18(9-16(13)24)33-23(26-2)29-17/h3,8-10,12,15H,1,6-7,11H2,2H3,(H,26,29)(H2,25,27,28)/t15-/m0/s1. The molecule has 1 aliphatic rings. The summed E-state index contributed by atoms with van der Waals surface area (Å²) in [6.07, 6.45) is 5.30. The van der Waals surface area contributed by atoms with E-state index in [9.17, 15) is 9.18 Å². The summed E-state index contributed by atoms with van der Waals surface area (Å²) in [7, 11) is 1.67. The molecule has 0 unspecified atom stereocenters. The van der Waals surface area contributed by atoms with Crippen molar-refractivity contribution >= 4 is 39.9 Å². The van der Waals surface area contributed by atoms with E-state index in [1.54, 1.807) is 11.9 Å². The summed E-state index contributed by atoms with van der Waals surface area (Å²) in [6.45, 7) is 4.70. The lowest BCUT2D eigenvalue weighted by Gasteiger charge is -2.15. The SMILES string of the molecule is C=CC(=O)N1CC[C@H](n2cc(C#Cc3cc4nc(NC)oc4cc3F)c3c(N)ncnc32)C1. The Balaban J connectivity index is 1.56. The molecule has 4 aromatic rings. The lowest BCUT2D eigenvalue weighted by Crippen LogP contribution is -2.27. The number of hydrogen-bond acceptors (Lipinski definition) is 7. The molecule has 1 aromatic carbocycles. The van der Waals surface area contributed by atoms with Crippen molar-refractivity contribution in [2.75, 3.05) is 31.2 Å². The predicted molar refractivity (Wildman–Crippen MR) is 122 cm³/mol. The van der Waals surface area contributed by atoms with Crippen LogP contribution >= 0.6 is 0 Å². The van der Waals surface area contributed by atoms with Crippen LogP contribution in [-0.4, -0.2) is 50.5 Å². The first-order valence-electron chi connectivity index (χ1n) is 10.3. The van der Waals surface area contributed by atoms with E-state index in [-0.39, 0.29) is 23.3 Å². The topological polar surface area (TPSA) is 115 Å².